The Morgan fingerprint density at radius 2 is 1.63 bits per heavy atom. The fourth-order valence-corrected chi connectivity index (χ4v) is 1.55. The average molecular weight is 257 g/mol. The number of benzene rings is 2. The Morgan fingerprint density at radius 1 is 0.947 bits per heavy atom. The van der Waals surface area contributed by atoms with Crippen molar-refractivity contribution in [3.63, 3.8) is 0 Å². The van der Waals surface area contributed by atoms with Gasteiger partial charge in [-0.2, -0.15) is 0 Å². The monoisotopic (exact) mass is 257 g/mol. The number of carboxylic acid groups (broad SMARTS) is 1. The first-order valence-corrected chi connectivity index (χ1v) is 5.50. The zero-order valence-electron chi connectivity index (χ0n) is 9.83. The van der Waals surface area contributed by atoms with Gasteiger partial charge >= 0.3 is 5.97 Å². The molecular formula is C14H11NO4. The van der Waals surface area contributed by atoms with E-state index in [-0.39, 0.29) is 17.2 Å². The van der Waals surface area contributed by atoms with Crippen molar-refractivity contribution in [3.8, 4) is 5.75 Å². The lowest BCUT2D eigenvalue weighted by molar-refractivity contribution is 0.0696. The van der Waals surface area contributed by atoms with Gasteiger partial charge in [-0.3, -0.25) is 4.79 Å². The molecule has 19 heavy (non-hydrogen) atoms. The third-order valence-corrected chi connectivity index (χ3v) is 2.50. The SMILES string of the molecule is O=C(O)c1ccc(NC(=O)c2cccc(O)c2)cc1. The lowest BCUT2D eigenvalue weighted by atomic mass is 10.2. The Kier molecular flexibility index (Phi) is 3.47. The summed E-state index contributed by atoms with van der Waals surface area (Å²) in [5.74, 6) is -1.39. The highest BCUT2D eigenvalue weighted by atomic mass is 16.4. The van der Waals surface area contributed by atoms with Crippen LogP contribution < -0.4 is 5.32 Å². The normalized spacial score (nSPS) is 9.89. The molecule has 2 rings (SSSR count). The minimum Gasteiger partial charge on any atom is -0.508 e. The highest BCUT2D eigenvalue weighted by Crippen LogP contribution is 2.14. The maximum Gasteiger partial charge on any atom is 0.335 e. The summed E-state index contributed by atoms with van der Waals surface area (Å²) < 4.78 is 0. The summed E-state index contributed by atoms with van der Waals surface area (Å²) in [6, 6.07) is 11.8. The first-order chi connectivity index (χ1) is 9.06. The smallest absolute Gasteiger partial charge is 0.335 e. The predicted molar refractivity (Wildman–Crippen MR) is 69.5 cm³/mol. The number of carbonyl (C=O) groups excluding carboxylic acids is 1. The van der Waals surface area contributed by atoms with Crippen LogP contribution in [-0.2, 0) is 0 Å². The largest absolute Gasteiger partial charge is 0.508 e. The van der Waals surface area contributed by atoms with Gasteiger partial charge in [-0.25, -0.2) is 4.79 Å². The number of aromatic hydroxyl groups is 1. The van der Waals surface area contributed by atoms with Crippen LogP contribution in [0.5, 0.6) is 5.75 Å². The zero-order valence-corrected chi connectivity index (χ0v) is 9.83. The van der Waals surface area contributed by atoms with Crippen molar-refractivity contribution in [1.29, 1.82) is 0 Å². The standard InChI is InChI=1S/C14H11NO4/c16-12-3-1-2-10(8-12)13(17)15-11-6-4-9(5-7-11)14(18)19/h1-8,16H,(H,15,17)(H,18,19). The van der Waals surface area contributed by atoms with Gasteiger partial charge in [-0.1, -0.05) is 6.07 Å². The molecule has 2 aromatic carbocycles. The van der Waals surface area contributed by atoms with Gasteiger partial charge in [0.2, 0.25) is 0 Å². The summed E-state index contributed by atoms with van der Waals surface area (Å²) in [5.41, 5.74) is 0.955. The van der Waals surface area contributed by atoms with Crippen LogP contribution in [0.3, 0.4) is 0 Å². The Morgan fingerprint density at radius 3 is 2.21 bits per heavy atom. The summed E-state index contributed by atoms with van der Waals surface area (Å²) in [4.78, 5) is 22.5. The molecule has 0 aliphatic heterocycles. The quantitative estimate of drug-likeness (QED) is 0.787. The molecule has 0 atom stereocenters. The predicted octanol–water partition coefficient (Wildman–Crippen LogP) is 2.34. The van der Waals surface area contributed by atoms with Gasteiger partial charge in [0.1, 0.15) is 5.75 Å². The van der Waals surface area contributed by atoms with Crippen LogP contribution in [0.4, 0.5) is 5.69 Å². The molecule has 0 aliphatic rings. The summed E-state index contributed by atoms with van der Waals surface area (Å²) in [7, 11) is 0. The lowest BCUT2D eigenvalue weighted by Crippen LogP contribution is -2.11. The number of nitrogens with one attached hydrogen (secondary N) is 1. The van der Waals surface area contributed by atoms with E-state index in [9.17, 15) is 14.7 Å². The molecule has 0 heterocycles. The number of anilines is 1. The molecule has 96 valence electrons. The highest BCUT2D eigenvalue weighted by molar-refractivity contribution is 6.04. The van der Waals surface area contributed by atoms with Crippen LogP contribution in [0.1, 0.15) is 20.7 Å². The molecule has 0 radical (unpaired) electrons. The fraction of sp³-hybridized carbons (Fsp3) is 0. The number of phenolic OH excluding ortho intramolecular Hbond substituents is 1. The van der Waals surface area contributed by atoms with Crippen LogP contribution in [0.25, 0.3) is 0 Å². The first kappa shape index (κ1) is 12.6. The van der Waals surface area contributed by atoms with Gasteiger partial charge in [0.15, 0.2) is 0 Å². The summed E-state index contributed by atoms with van der Waals surface area (Å²) in [6.45, 7) is 0. The lowest BCUT2D eigenvalue weighted by Gasteiger charge is -2.05. The van der Waals surface area contributed by atoms with Crippen LogP contribution in [0, 0.1) is 0 Å². The number of phenols is 1. The molecule has 0 bridgehead atoms. The zero-order chi connectivity index (χ0) is 13.8. The highest BCUT2D eigenvalue weighted by Gasteiger charge is 2.07. The molecule has 2 aromatic rings. The van der Waals surface area contributed by atoms with Crippen molar-refractivity contribution in [1.82, 2.24) is 0 Å². The van der Waals surface area contributed by atoms with E-state index in [1.54, 1.807) is 12.1 Å². The number of hydrogen-bond acceptors (Lipinski definition) is 3. The van der Waals surface area contributed by atoms with Crippen molar-refractivity contribution < 1.29 is 19.8 Å². The molecule has 5 nitrogen and oxygen atoms in total. The van der Waals surface area contributed by atoms with Crippen LogP contribution in [0.2, 0.25) is 0 Å². The van der Waals surface area contributed by atoms with Gasteiger partial charge in [-0.15, -0.1) is 0 Å². The third kappa shape index (κ3) is 3.10. The fourth-order valence-electron chi connectivity index (χ4n) is 1.55. The van der Waals surface area contributed by atoms with Gasteiger partial charge in [0.25, 0.3) is 5.91 Å². The molecular weight excluding hydrogens is 246 g/mol. The molecule has 3 N–H and O–H groups in total. The summed E-state index contributed by atoms with van der Waals surface area (Å²) >= 11 is 0. The summed E-state index contributed by atoms with van der Waals surface area (Å²) in [5, 5.41) is 20.6. The topological polar surface area (TPSA) is 86.6 Å². The Bertz CT molecular complexity index is 620. The molecule has 0 saturated heterocycles. The third-order valence-electron chi connectivity index (χ3n) is 2.50. The van der Waals surface area contributed by atoms with E-state index in [0.717, 1.165) is 0 Å². The van der Waals surface area contributed by atoms with Crippen molar-refractivity contribution >= 4 is 17.6 Å². The van der Waals surface area contributed by atoms with E-state index in [4.69, 9.17) is 5.11 Å². The van der Waals surface area contributed by atoms with Gasteiger partial charge in [0, 0.05) is 11.3 Å². The minimum atomic E-state index is -1.02. The Balaban J connectivity index is 2.13. The Labute approximate surface area is 109 Å². The van der Waals surface area contributed by atoms with Crippen LogP contribution >= 0.6 is 0 Å². The maximum absolute atomic E-state index is 11.8. The van der Waals surface area contributed by atoms with E-state index < -0.39 is 5.97 Å². The average Bonchev–Trinajstić information content (AvgIpc) is 2.39. The second-order valence-electron chi connectivity index (χ2n) is 3.89. The molecule has 0 spiro atoms. The number of carbonyl (C=O) groups is 2. The van der Waals surface area contributed by atoms with Crippen molar-refractivity contribution in [2.45, 2.75) is 0 Å². The van der Waals surface area contributed by atoms with Gasteiger partial charge < -0.3 is 15.5 Å². The van der Waals surface area contributed by atoms with Crippen LogP contribution in [-0.4, -0.2) is 22.1 Å². The Hall–Kier alpha value is -2.82. The number of carboxylic acids is 1. The number of amides is 1. The van der Waals surface area contributed by atoms with Crippen molar-refractivity contribution in [2.24, 2.45) is 0 Å². The van der Waals surface area contributed by atoms with E-state index in [1.165, 1.54) is 36.4 Å². The second kappa shape index (κ2) is 5.22. The molecule has 0 fully saturated rings. The molecule has 0 unspecified atom stereocenters. The minimum absolute atomic E-state index is 0.00822. The summed E-state index contributed by atoms with van der Waals surface area (Å²) in [6.07, 6.45) is 0. The number of rotatable bonds is 3. The molecule has 5 heteroatoms. The van der Waals surface area contributed by atoms with E-state index in [1.807, 2.05) is 0 Å². The molecule has 0 aromatic heterocycles. The second-order valence-corrected chi connectivity index (χ2v) is 3.89. The van der Waals surface area contributed by atoms with Gasteiger partial charge in [0.05, 0.1) is 5.56 Å². The number of aromatic carboxylic acids is 1. The molecule has 0 saturated carbocycles. The maximum atomic E-state index is 11.8. The van der Waals surface area contributed by atoms with Gasteiger partial charge in [-0.05, 0) is 42.5 Å². The number of hydrogen-bond donors (Lipinski definition) is 3. The first-order valence-electron chi connectivity index (χ1n) is 5.50. The van der Waals surface area contributed by atoms with Crippen LogP contribution in [0.15, 0.2) is 48.5 Å². The van der Waals surface area contributed by atoms with E-state index in [2.05, 4.69) is 5.32 Å². The molecule has 0 aliphatic carbocycles. The molecule has 1 amide bonds. The van der Waals surface area contributed by atoms with E-state index in [0.29, 0.717) is 11.3 Å². The van der Waals surface area contributed by atoms with E-state index >= 15 is 0 Å². The van der Waals surface area contributed by atoms with Crippen molar-refractivity contribution in [2.75, 3.05) is 5.32 Å². The van der Waals surface area contributed by atoms with Crippen molar-refractivity contribution in [3.05, 3.63) is 59.7 Å².